The third-order valence-electron chi connectivity index (χ3n) is 2.71. The topological polar surface area (TPSA) is 84.7 Å². The van der Waals surface area contributed by atoms with Crippen LogP contribution in [0.4, 0.5) is 0 Å². The summed E-state index contributed by atoms with van der Waals surface area (Å²) in [6.07, 6.45) is 6.72. The van der Waals surface area contributed by atoms with E-state index in [9.17, 15) is 0 Å². The monoisotopic (exact) mass is 297 g/mol. The van der Waals surface area contributed by atoms with Gasteiger partial charge in [0.25, 0.3) is 0 Å². The lowest BCUT2D eigenvalue weighted by molar-refractivity contribution is 0.839. The van der Waals surface area contributed by atoms with Crippen molar-refractivity contribution in [3.05, 3.63) is 59.8 Å². The smallest absolute Gasteiger partial charge is 0.242 e. The highest BCUT2D eigenvalue weighted by atomic mass is 35.5. The minimum Gasteiger partial charge on any atom is -0.300 e. The fourth-order valence-electron chi connectivity index (χ4n) is 1.80. The van der Waals surface area contributed by atoms with Gasteiger partial charge in [0.05, 0.1) is 11.9 Å². The highest BCUT2D eigenvalue weighted by Gasteiger charge is 2.03. The second-order valence-electron chi connectivity index (χ2n) is 3.97. The van der Waals surface area contributed by atoms with Crippen LogP contribution >= 0.6 is 11.6 Å². The first kappa shape index (κ1) is 13.0. The summed E-state index contributed by atoms with van der Waals surface area (Å²) in [5.41, 5.74) is 1.30. The first-order valence-corrected chi connectivity index (χ1v) is 6.30. The SMILES string of the molecule is N#C/N=c1\ccccn1-c1ccc(-n2cnc(Cl)n2)nc1. The average Bonchev–Trinajstić information content (AvgIpc) is 2.95. The first-order chi connectivity index (χ1) is 10.3. The van der Waals surface area contributed by atoms with Crippen LogP contribution in [0.5, 0.6) is 0 Å². The standard InChI is InChI=1S/C13H8ClN7/c14-13-18-9-21(19-13)12-5-4-10(7-16-12)20-6-2-1-3-11(20)17-8-15/h1-7,9H/b17-11+. The van der Waals surface area contributed by atoms with E-state index in [-0.39, 0.29) is 5.28 Å². The Balaban J connectivity index is 2.03. The molecule has 0 aliphatic heterocycles. The van der Waals surface area contributed by atoms with Gasteiger partial charge in [0.1, 0.15) is 11.8 Å². The van der Waals surface area contributed by atoms with E-state index in [2.05, 4.69) is 20.1 Å². The molecule has 0 spiro atoms. The maximum atomic E-state index is 8.71. The molecule has 0 radical (unpaired) electrons. The minimum atomic E-state index is 0.161. The van der Waals surface area contributed by atoms with Crippen molar-refractivity contribution in [2.45, 2.75) is 0 Å². The van der Waals surface area contributed by atoms with E-state index in [0.29, 0.717) is 11.3 Å². The lowest BCUT2D eigenvalue weighted by Crippen LogP contribution is -2.17. The van der Waals surface area contributed by atoms with Crippen LogP contribution in [0.2, 0.25) is 5.28 Å². The molecule has 0 amide bonds. The second-order valence-corrected chi connectivity index (χ2v) is 4.31. The minimum absolute atomic E-state index is 0.161. The summed E-state index contributed by atoms with van der Waals surface area (Å²) in [5.74, 6) is 0.591. The number of pyridine rings is 2. The summed E-state index contributed by atoms with van der Waals surface area (Å²) in [5, 5.41) is 12.8. The maximum Gasteiger partial charge on any atom is 0.242 e. The van der Waals surface area contributed by atoms with Crippen LogP contribution in [-0.4, -0.2) is 24.3 Å². The summed E-state index contributed by atoms with van der Waals surface area (Å²) in [7, 11) is 0. The molecule has 0 saturated heterocycles. The number of rotatable bonds is 2. The van der Waals surface area contributed by atoms with Crippen molar-refractivity contribution in [3.63, 3.8) is 0 Å². The number of halogens is 1. The van der Waals surface area contributed by atoms with E-state index in [1.54, 1.807) is 35.3 Å². The molecule has 3 aromatic heterocycles. The Morgan fingerprint density at radius 1 is 1.19 bits per heavy atom. The van der Waals surface area contributed by atoms with Crippen molar-refractivity contribution < 1.29 is 0 Å². The van der Waals surface area contributed by atoms with Crippen LogP contribution in [-0.2, 0) is 0 Å². The highest BCUT2D eigenvalue weighted by molar-refractivity contribution is 6.28. The van der Waals surface area contributed by atoms with E-state index in [4.69, 9.17) is 16.9 Å². The van der Waals surface area contributed by atoms with E-state index in [1.807, 2.05) is 18.2 Å². The van der Waals surface area contributed by atoms with Gasteiger partial charge < -0.3 is 0 Å². The summed E-state index contributed by atoms with van der Waals surface area (Å²) in [6, 6.07) is 9.02. The van der Waals surface area contributed by atoms with Gasteiger partial charge in [-0.2, -0.15) is 10.3 Å². The zero-order valence-corrected chi connectivity index (χ0v) is 11.4. The third kappa shape index (κ3) is 2.66. The molecular formula is C13H8ClN7. The van der Waals surface area contributed by atoms with Gasteiger partial charge in [0.15, 0.2) is 5.82 Å². The summed E-state index contributed by atoms with van der Waals surface area (Å²) < 4.78 is 3.23. The molecule has 7 nitrogen and oxygen atoms in total. The van der Waals surface area contributed by atoms with Gasteiger partial charge in [-0.05, 0) is 35.9 Å². The predicted molar refractivity (Wildman–Crippen MR) is 74.7 cm³/mol. The van der Waals surface area contributed by atoms with E-state index >= 15 is 0 Å². The molecule has 0 aliphatic rings. The number of hydrogen-bond donors (Lipinski definition) is 0. The molecule has 3 aromatic rings. The Bertz CT molecular complexity index is 870. The van der Waals surface area contributed by atoms with Crippen molar-refractivity contribution in [1.29, 1.82) is 5.26 Å². The fraction of sp³-hybridized carbons (Fsp3) is 0. The molecule has 3 rings (SSSR count). The Morgan fingerprint density at radius 3 is 2.76 bits per heavy atom. The molecule has 0 atom stereocenters. The van der Waals surface area contributed by atoms with Crippen molar-refractivity contribution in [2.75, 3.05) is 0 Å². The summed E-state index contributed by atoms with van der Waals surface area (Å²) in [6.45, 7) is 0. The number of aromatic nitrogens is 5. The lowest BCUT2D eigenvalue weighted by Gasteiger charge is -2.07. The Labute approximate surface area is 124 Å². The fourth-order valence-corrected chi connectivity index (χ4v) is 1.93. The van der Waals surface area contributed by atoms with Crippen LogP contribution in [0.1, 0.15) is 0 Å². The molecule has 0 aromatic carbocycles. The molecule has 102 valence electrons. The first-order valence-electron chi connectivity index (χ1n) is 5.92. The molecule has 3 heterocycles. The van der Waals surface area contributed by atoms with Gasteiger partial charge in [0.2, 0.25) is 11.5 Å². The number of nitriles is 1. The zero-order chi connectivity index (χ0) is 14.7. The van der Waals surface area contributed by atoms with E-state index < -0.39 is 0 Å². The van der Waals surface area contributed by atoms with Crippen molar-refractivity contribution in [3.8, 4) is 17.7 Å². The lowest BCUT2D eigenvalue weighted by atomic mass is 10.3. The van der Waals surface area contributed by atoms with Gasteiger partial charge in [-0.25, -0.2) is 14.6 Å². The molecule has 0 saturated carbocycles. The molecule has 0 N–H and O–H groups in total. The molecular weight excluding hydrogens is 290 g/mol. The van der Waals surface area contributed by atoms with E-state index in [1.165, 1.54) is 11.0 Å². The van der Waals surface area contributed by atoms with Gasteiger partial charge in [-0.1, -0.05) is 6.07 Å². The molecule has 21 heavy (non-hydrogen) atoms. The second kappa shape index (κ2) is 5.56. The maximum absolute atomic E-state index is 8.71. The molecule has 0 bridgehead atoms. The third-order valence-corrected chi connectivity index (χ3v) is 2.89. The van der Waals surface area contributed by atoms with Crippen molar-refractivity contribution in [2.24, 2.45) is 4.99 Å². The normalized spacial score (nSPS) is 11.3. The van der Waals surface area contributed by atoms with Gasteiger partial charge in [0, 0.05) is 6.20 Å². The van der Waals surface area contributed by atoms with Crippen LogP contribution < -0.4 is 5.49 Å². The molecule has 0 aliphatic carbocycles. The Kier molecular flexibility index (Phi) is 3.45. The zero-order valence-electron chi connectivity index (χ0n) is 10.6. The number of hydrogen-bond acceptors (Lipinski definition) is 5. The van der Waals surface area contributed by atoms with Crippen LogP contribution in [0.3, 0.4) is 0 Å². The highest BCUT2D eigenvalue weighted by Crippen LogP contribution is 2.08. The molecule has 0 unspecified atom stereocenters. The van der Waals surface area contributed by atoms with E-state index in [0.717, 1.165) is 5.69 Å². The quantitative estimate of drug-likeness (QED) is 0.671. The van der Waals surface area contributed by atoms with Crippen LogP contribution in [0.25, 0.3) is 11.5 Å². The Hall–Kier alpha value is -2.98. The summed E-state index contributed by atoms with van der Waals surface area (Å²) >= 11 is 5.68. The van der Waals surface area contributed by atoms with Gasteiger partial charge in [-0.3, -0.25) is 4.57 Å². The van der Waals surface area contributed by atoms with Crippen molar-refractivity contribution in [1.82, 2.24) is 24.3 Å². The molecule has 8 heteroatoms. The number of nitrogens with zero attached hydrogens (tertiary/aromatic N) is 7. The largest absolute Gasteiger partial charge is 0.300 e. The predicted octanol–water partition coefficient (Wildman–Crippen LogP) is 1.49. The Morgan fingerprint density at radius 2 is 2.10 bits per heavy atom. The summed E-state index contributed by atoms with van der Waals surface area (Å²) in [4.78, 5) is 11.9. The van der Waals surface area contributed by atoms with Gasteiger partial charge >= 0.3 is 0 Å². The van der Waals surface area contributed by atoms with Gasteiger partial charge in [-0.15, -0.1) is 5.10 Å². The van der Waals surface area contributed by atoms with Crippen LogP contribution in [0.15, 0.2) is 54.0 Å². The van der Waals surface area contributed by atoms with Crippen LogP contribution in [0, 0.1) is 11.5 Å². The molecule has 0 fully saturated rings. The average molecular weight is 298 g/mol. The van der Waals surface area contributed by atoms with Crippen molar-refractivity contribution >= 4 is 11.6 Å².